The van der Waals surface area contributed by atoms with Gasteiger partial charge < -0.3 is 19.7 Å². The number of nitrogens with zero attached hydrogens (tertiary/aromatic N) is 1. The Morgan fingerprint density at radius 1 is 1.22 bits per heavy atom. The Morgan fingerprint density at radius 3 is 2.74 bits per heavy atom. The van der Waals surface area contributed by atoms with Crippen LogP contribution >= 0.6 is 0 Å². The molecule has 0 radical (unpaired) electrons. The van der Waals surface area contributed by atoms with Crippen molar-refractivity contribution in [2.45, 2.75) is 56.8 Å². The number of hydrogen-bond donors (Lipinski definition) is 1. The first-order valence-electron chi connectivity index (χ1n) is 9.96. The van der Waals surface area contributed by atoms with Crippen LogP contribution in [-0.4, -0.2) is 55.2 Å². The normalized spacial score (nSPS) is 29.7. The lowest BCUT2D eigenvalue weighted by atomic mass is 9.95. The average Bonchev–Trinajstić information content (AvgIpc) is 3.26. The number of benzene rings is 1. The number of fused-ring (bicyclic) bond motifs is 2. The monoisotopic (exact) mass is 372 g/mol. The lowest BCUT2D eigenvalue weighted by Gasteiger charge is -2.30. The molecule has 6 nitrogen and oxygen atoms in total. The minimum Gasteiger partial charge on any atom is -0.381 e. The molecule has 3 heterocycles. The molecule has 2 bridgehead atoms. The van der Waals surface area contributed by atoms with Gasteiger partial charge in [-0.25, -0.2) is 0 Å². The summed E-state index contributed by atoms with van der Waals surface area (Å²) in [6.07, 6.45) is 4.75. The Hall–Kier alpha value is -1.92. The number of amides is 2. The van der Waals surface area contributed by atoms with Gasteiger partial charge in [-0.2, -0.15) is 0 Å². The standard InChI is InChI=1S/C21H28N2O4/c1-26-12-14-4-6-15(7-5-14)20(24)22-18-11-17-8-9-19(18)23(17)21(25)16-3-2-10-27-13-16/h4-7,16-19H,2-3,8-13H2,1H3,(H,22,24)/t16?,17-,18+,19+/m0/s1. The minimum atomic E-state index is -0.0649. The van der Waals surface area contributed by atoms with E-state index < -0.39 is 0 Å². The van der Waals surface area contributed by atoms with E-state index in [0.717, 1.165) is 44.3 Å². The van der Waals surface area contributed by atoms with E-state index in [2.05, 4.69) is 10.2 Å². The van der Waals surface area contributed by atoms with Crippen molar-refractivity contribution in [2.75, 3.05) is 20.3 Å². The molecule has 146 valence electrons. The number of hydrogen-bond acceptors (Lipinski definition) is 4. The maximum Gasteiger partial charge on any atom is 0.251 e. The summed E-state index contributed by atoms with van der Waals surface area (Å²) in [6.45, 7) is 1.84. The van der Waals surface area contributed by atoms with Crippen LogP contribution in [0.5, 0.6) is 0 Å². The largest absolute Gasteiger partial charge is 0.381 e. The highest BCUT2D eigenvalue weighted by atomic mass is 16.5. The van der Waals surface area contributed by atoms with Crippen molar-refractivity contribution < 1.29 is 19.1 Å². The Labute approximate surface area is 160 Å². The molecule has 1 aromatic rings. The van der Waals surface area contributed by atoms with Gasteiger partial charge in [-0.15, -0.1) is 0 Å². The van der Waals surface area contributed by atoms with Crippen LogP contribution in [-0.2, 0) is 20.9 Å². The lowest BCUT2D eigenvalue weighted by molar-refractivity contribution is -0.141. The Bertz CT molecular complexity index is 684. The first-order chi connectivity index (χ1) is 13.2. The summed E-state index contributed by atoms with van der Waals surface area (Å²) in [4.78, 5) is 27.7. The summed E-state index contributed by atoms with van der Waals surface area (Å²) >= 11 is 0. The zero-order valence-corrected chi connectivity index (χ0v) is 15.9. The summed E-state index contributed by atoms with van der Waals surface area (Å²) in [5, 5.41) is 3.17. The molecule has 6 heteroatoms. The number of rotatable bonds is 5. The van der Waals surface area contributed by atoms with Crippen LogP contribution in [0.2, 0.25) is 0 Å². The van der Waals surface area contributed by atoms with E-state index in [0.29, 0.717) is 18.8 Å². The Balaban J connectivity index is 1.39. The van der Waals surface area contributed by atoms with Crippen LogP contribution < -0.4 is 5.32 Å². The van der Waals surface area contributed by atoms with E-state index in [1.54, 1.807) is 7.11 Å². The van der Waals surface area contributed by atoms with E-state index in [9.17, 15) is 9.59 Å². The second kappa shape index (κ2) is 7.98. The summed E-state index contributed by atoms with van der Waals surface area (Å²) in [6, 6.07) is 7.93. The third-order valence-electron chi connectivity index (χ3n) is 6.14. The molecule has 1 N–H and O–H groups in total. The van der Waals surface area contributed by atoms with Crippen molar-refractivity contribution in [3.8, 4) is 0 Å². The van der Waals surface area contributed by atoms with E-state index in [1.807, 2.05) is 24.3 Å². The van der Waals surface area contributed by atoms with Gasteiger partial charge >= 0.3 is 0 Å². The molecular formula is C21H28N2O4. The number of carbonyl (C=O) groups is 2. The predicted octanol–water partition coefficient (Wildman–Crippen LogP) is 2.12. The molecule has 1 unspecified atom stereocenters. The van der Waals surface area contributed by atoms with Gasteiger partial charge in [-0.3, -0.25) is 9.59 Å². The zero-order chi connectivity index (χ0) is 18.8. The molecule has 1 aromatic carbocycles. The lowest BCUT2D eigenvalue weighted by Crippen LogP contribution is -2.47. The van der Waals surface area contributed by atoms with Gasteiger partial charge in [-0.1, -0.05) is 12.1 Å². The smallest absolute Gasteiger partial charge is 0.251 e. The van der Waals surface area contributed by atoms with E-state index in [4.69, 9.17) is 9.47 Å². The summed E-state index contributed by atoms with van der Waals surface area (Å²) < 4.78 is 10.6. The van der Waals surface area contributed by atoms with Gasteiger partial charge in [0.25, 0.3) is 5.91 Å². The molecule has 0 aromatic heterocycles. The topological polar surface area (TPSA) is 67.9 Å². The van der Waals surface area contributed by atoms with Crippen LogP contribution in [0.15, 0.2) is 24.3 Å². The number of ether oxygens (including phenoxy) is 2. The molecule has 3 aliphatic heterocycles. The quantitative estimate of drug-likeness (QED) is 0.860. The molecule has 27 heavy (non-hydrogen) atoms. The van der Waals surface area contributed by atoms with Gasteiger partial charge in [0, 0.05) is 25.3 Å². The number of methoxy groups -OCH3 is 1. The molecule has 3 aliphatic rings. The maximum absolute atomic E-state index is 13.0. The minimum absolute atomic E-state index is 0.00960. The second-order valence-corrected chi connectivity index (χ2v) is 7.90. The average molecular weight is 372 g/mol. The fourth-order valence-electron chi connectivity index (χ4n) is 4.80. The van der Waals surface area contributed by atoms with Crippen molar-refractivity contribution in [3.05, 3.63) is 35.4 Å². The molecule has 3 saturated heterocycles. The Morgan fingerprint density at radius 2 is 2.04 bits per heavy atom. The van der Waals surface area contributed by atoms with Crippen molar-refractivity contribution >= 4 is 11.8 Å². The zero-order valence-electron chi connectivity index (χ0n) is 15.9. The van der Waals surface area contributed by atoms with E-state index in [-0.39, 0.29) is 35.9 Å². The summed E-state index contributed by atoms with van der Waals surface area (Å²) in [5.74, 6) is 0.150. The SMILES string of the molecule is COCc1ccc(C(=O)N[C@@H]2C[C@@H]3CC[C@H]2N3C(=O)C2CCCOC2)cc1. The first-order valence-corrected chi connectivity index (χ1v) is 9.96. The van der Waals surface area contributed by atoms with E-state index >= 15 is 0 Å². The van der Waals surface area contributed by atoms with Gasteiger partial charge in [-0.05, 0) is 49.8 Å². The van der Waals surface area contributed by atoms with Crippen LogP contribution in [0.4, 0.5) is 0 Å². The predicted molar refractivity (Wildman–Crippen MR) is 100 cm³/mol. The second-order valence-electron chi connectivity index (χ2n) is 7.90. The molecule has 3 fully saturated rings. The Kier molecular flexibility index (Phi) is 5.45. The van der Waals surface area contributed by atoms with Crippen molar-refractivity contribution in [3.63, 3.8) is 0 Å². The fourth-order valence-corrected chi connectivity index (χ4v) is 4.80. The van der Waals surface area contributed by atoms with Crippen molar-refractivity contribution in [1.82, 2.24) is 10.2 Å². The van der Waals surface area contributed by atoms with Crippen molar-refractivity contribution in [1.29, 1.82) is 0 Å². The van der Waals surface area contributed by atoms with Gasteiger partial charge in [0.2, 0.25) is 5.91 Å². The molecular weight excluding hydrogens is 344 g/mol. The fraction of sp³-hybridized carbons (Fsp3) is 0.619. The molecule has 2 amide bonds. The number of nitrogens with one attached hydrogen (secondary N) is 1. The summed E-state index contributed by atoms with van der Waals surface area (Å²) in [5.41, 5.74) is 1.69. The maximum atomic E-state index is 13.0. The third kappa shape index (κ3) is 3.73. The van der Waals surface area contributed by atoms with Gasteiger partial charge in [0.1, 0.15) is 0 Å². The van der Waals surface area contributed by atoms with Gasteiger partial charge in [0.15, 0.2) is 0 Å². The van der Waals surface area contributed by atoms with Crippen LogP contribution in [0, 0.1) is 5.92 Å². The third-order valence-corrected chi connectivity index (χ3v) is 6.14. The van der Waals surface area contributed by atoms with Crippen LogP contribution in [0.3, 0.4) is 0 Å². The highest BCUT2D eigenvalue weighted by Gasteiger charge is 2.50. The molecule has 0 saturated carbocycles. The molecule has 0 spiro atoms. The number of carbonyl (C=O) groups excluding carboxylic acids is 2. The molecule has 4 rings (SSSR count). The van der Waals surface area contributed by atoms with Gasteiger partial charge in [0.05, 0.1) is 31.2 Å². The van der Waals surface area contributed by atoms with Crippen LogP contribution in [0.25, 0.3) is 0 Å². The highest BCUT2D eigenvalue weighted by molar-refractivity contribution is 5.94. The first kappa shape index (κ1) is 18.4. The van der Waals surface area contributed by atoms with Crippen molar-refractivity contribution in [2.24, 2.45) is 5.92 Å². The molecule has 4 atom stereocenters. The van der Waals surface area contributed by atoms with E-state index in [1.165, 1.54) is 0 Å². The highest BCUT2D eigenvalue weighted by Crippen LogP contribution is 2.39. The van der Waals surface area contributed by atoms with Crippen LogP contribution in [0.1, 0.15) is 48.0 Å². The summed E-state index contributed by atoms with van der Waals surface area (Å²) in [7, 11) is 1.65. The molecule has 0 aliphatic carbocycles.